The molecule has 0 aliphatic carbocycles. The number of rotatable bonds is 4. The van der Waals surface area contributed by atoms with E-state index in [4.69, 9.17) is 15.7 Å². The maximum Gasteiger partial charge on any atom is 0.181 e. The molecule has 2 aromatic heterocycles. The fourth-order valence-electron chi connectivity index (χ4n) is 1.41. The number of hydrogen-bond acceptors (Lipinski definition) is 7. The predicted octanol–water partition coefficient (Wildman–Crippen LogP) is 2.51. The van der Waals surface area contributed by atoms with Crippen molar-refractivity contribution in [1.82, 2.24) is 9.97 Å². The summed E-state index contributed by atoms with van der Waals surface area (Å²) in [5, 5.41) is 11.2. The van der Waals surface area contributed by atoms with Crippen molar-refractivity contribution in [3.05, 3.63) is 23.9 Å². The summed E-state index contributed by atoms with van der Waals surface area (Å²) in [6.45, 7) is 0.520. The highest BCUT2D eigenvalue weighted by Gasteiger charge is 2.13. The Morgan fingerprint density at radius 2 is 2.39 bits per heavy atom. The minimum Gasteiger partial charge on any atom is -0.380 e. The van der Waals surface area contributed by atoms with Crippen LogP contribution in [0.4, 0.5) is 5.13 Å². The molecule has 0 saturated heterocycles. The number of nitrogen functional groups attached to an aromatic ring is 1. The molecular weight excluding hydrogens is 268 g/mol. The average Bonchev–Trinajstić information content (AvgIpc) is 2.72. The van der Waals surface area contributed by atoms with Gasteiger partial charge in [0.15, 0.2) is 5.13 Å². The summed E-state index contributed by atoms with van der Waals surface area (Å²) in [6.07, 6.45) is 1.73. The van der Waals surface area contributed by atoms with Gasteiger partial charge in [-0.25, -0.2) is 4.98 Å². The van der Waals surface area contributed by atoms with Gasteiger partial charge in [0.25, 0.3) is 0 Å². The van der Waals surface area contributed by atoms with Crippen LogP contribution in [0.15, 0.2) is 22.5 Å². The highest BCUT2D eigenvalue weighted by molar-refractivity contribution is 8.05. The smallest absolute Gasteiger partial charge is 0.181 e. The fourth-order valence-corrected chi connectivity index (χ4v) is 2.85. The van der Waals surface area contributed by atoms with E-state index in [0.29, 0.717) is 23.1 Å². The van der Waals surface area contributed by atoms with Gasteiger partial charge >= 0.3 is 0 Å². The molecule has 0 unspecified atom stereocenters. The topological polar surface area (TPSA) is 84.8 Å². The summed E-state index contributed by atoms with van der Waals surface area (Å²) in [5.74, 6) is 0. The molecule has 0 aromatic carbocycles. The monoisotopic (exact) mass is 278 g/mol. The Bertz CT molecular complexity index is 574. The van der Waals surface area contributed by atoms with Crippen LogP contribution in [0.3, 0.4) is 0 Å². The number of nitrogens with zero attached hydrogens (tertiary/aromatic N) is 3. The van der Waals surface area contributed by atoms with Crippen LogP contribution < -0.4 is 5.73 Å². The lowest BCUT2D eigenvalue weighted by Crippen LogP contribution is -1.91. The van der Waals surface area contributed by atoms with Crippen molar-refractivity contribution in [2.45, 2.75) is 10.8 Å². The van der Waals surface area contributed by atoms with Crippen molar-refractivity contribution in [3.63, 3.8) is 0 Å². The van der Waals surface area contributed by atoms with Crippen molar-refractivity contribution in [3.8, 4) is 16.8 Å². The molecule has 0 radical (unpaired) electrons. The third-order valence-corrected chi connectivity index (χ3v) is 3.78. The van der Waals surface area contributed by atoms with E-state index in [-0.39, 0.29) is 0 Å². The molecule has 2 N–H and O–H groups in total. The van der Waals surface area contributed by atoms with E-state index in [1.807, 2.05) is 17.5 Å². The number of nitriles is 1. The van der Waals surface area contributed by atoms with E-state index in [9.17, 15) is 0 Å². The number of thioether (sulfide) groups is 1. The quantitative estimate of drug-likeness (QED) is 0.683. The summed E-state index contributed by atoms with van der Waals surface area (Å²) in [4.78, 5) is 8.52. The summed E-state index contributed by atoms with van der Waals surface area (Å²) in [7, 11) is 1.64. The molecule has 7 heteroatoms. The zero-order valence-corrected chi connectivity index (χ0v) is 11.2. The molecule has 0 aliphatic heterocycles. The van der Waals surface area contributed by atoms with Gasteiger partial charge in [0.05, 0.1) is 12.3 Å². The largest absolute Gasteiger partial charge is 0.380 e. The molecule has 0 bridgehead atoms. The van der Waals surface area contributed by atoms with E-state index in [1.165, 1.54) is 11.3 Å². The second kappa shape index (κ2) is 5.82. The van der Waals surface area contributed by atoms with Gasteiger partial charge in [0.2, 0.25) is 0 Å². The summed E-state index contributed by atoms with van der Waals surface area (Å²) in [6, 6.07) is 3.77. The van der Waals surface area contributed by atoms with Gasteiger partial charge in [-0.1, -0.05) is 17.4 Å². The highest BCUT2D eigenvalue weighted by atomic mass is 32.2. The fraction of sp³-hybridized carbons (Fsp3) is 0.182. The van der Waals surface area contributed by atoms with Crippen LogP contribution in [-0.4, -0.2) is 17.1 Å². The third-order valence-electron chi connectivity index (χ3n) is 2.13. The SMILES string of the molecule is COCc1ccc(-c2nc(N)sc2SC#N)nc1. The predicted molar refractivity (Wildman–Crippen MR) is 71.9 cm³/mol. The van der Waals surface area contributed by atoms with Crippen molar-refractivity contribution in [2.24, 2.45) is 0 Å². The number of aromatic nitrogens is 2. The van der Waals surface area contributed by atoms with Gasteiger partial charge in [-0.2, -0.15) is 5.26 Å². The van der Waals surface area contributed by atoms with Gasteiger partial charge in [0.1, 0.15) is 15.3 Å². The minimum atomic E-state index is 0.436. The number of thiazole rings is 1. The summed E-state index contributed by atoms with van der Waals surface area (Å²) in [5.41, 5.74) is 8.02. The Morgan fingerprint density at radius 3 is 3.00 bits per heavy atom. The first-order valence-corrected chi connectivity index (χ1v) is 6.64. The third kappa shape index (κ3) is 2.79. The standard InChI is InChI=1S/C11H10N4OS2/c1-16-5-7-2-3-8(14-4-7)9-10(17-6-12)18-11(13)15-9/h2-4H,5H2,1H3,(H2,13,15). The van der Waals surface area contributed by atoms with Gasteiger partial charge in [-0.15, -0.1) is 0 Å². The van der Waals surface area contributed by atoms with Gasteiger partial charge in [0, 0.05) is 25.1 Å². The van der Waals surface area contributed by atoms with Crippen LogP contribution in [0, 0.1) is 10.7 Å². The van der Waals surface area contributed by atoms with E-state index in [1.54, 1.807) is 13.3 Å². The Labute approximate surface area is 113 Å². The molecule has 2 aromatic rings. The van der Waals surface area contributed by atoms with E-state index in [0.717, 1.165) is 21.5 Å². The Morgan fingerprint density at radius 1 is 1.56 bits per heavy atom. The van der Waals surface area contributed by atoms with Crippen molar-refractivity contribution in [2.75, 3.05) is 12.8 Å². The molecule has 2 heterocycles. The molecule has 0 saturated carbocycles. The van der Waals surface area contributed by atoms with Crippen molar-refractivity contribution < 1.29 is 4.74 Å². The van der Waals surface area contributed by atoms with Crippen LogP contribution in [0.1, 0.15) is 5.56 Å². The van der Waals surface area contributed by atoms with Crippen LogP contribution in [0.25, 0.3) is 11.4 Å². The number of methoxy groups -OCH3 is 1. The molecule has 5 nitrogen and oxygen atoms in total. The van der Waals surface area contributed by atoms with Crippen molar-refractivity contribution in [1.29, 1.82) is 5.26 Å². The van der Waals surface area contributed by atoms with Crippen LogP contribution in [-0.2, 0) is 11.3 Å². The lowest BCUT2D eigenvalue weighted by Gasteiger charge is -2.01. The van der Waals surface area contributed by atoms with Gasteiger partial charge in [-0.05, 0) is 11.6 Å². The van der Waals surface area contributed by atoms with Gasteiger partial charge < -0.3 is 10.5 Å². The molecule has 0 fully saturated rings. The number of anilines is 1. The Kier molecular flexibility index (Phi) is 4.15. The van der Waals surface area contributed by atoms with Crippen molar-refractivity contribution >= 4 is 28.2 Å². The molecule has 92 valence electrons. The molecule has 0 atom stereocenters. The Hall–Kier alpha value is -1.62. The normalized spacial score (nSPS) is 10.2. The van der Waals surface area contributed by atoms with E-state index < -0.39 is 0 Å². The molecule has 0 spiro atoms. The van der Waals surface area contributed by atoms with Crippen LogP contribution >= 0.6 is 23.1 Å². The maximum absolute atomic E-state index is 8.73. The number of pyridine rings is 1. The number of nitrogens with two attached hydrogens (primary N) is 1. The first-order chi connectivity index (χ1) is 8.74. The molecule has 18 heavy (non-hydrogen) atoms. The molecule has 0 amide bonds. The number of ether oxygens (including phenoxy) is 1. The highest BCUT2D eigenvalue weighted by Crippen LogP contribution is 2.36. The first kappa shape index (κ1) is 12.8. The molecule has 2 rings (SSSR count). The average molecular weight is 278 g/mol. The summed E-state index contributed by atoms with van der Waals surface area (Å²) >= 11 is 2.34. The van der Waals surface area contributed by atoms with Gasteiger partial charge in [-0.3, -0.25) is 4.98 Å². The second-order valence-electron chi connectivity index (χ2n) is 3.37. The lowest BCUT2D eigenvalue weighted by molar-refractivity contribution is 0.184. The Balaban J connectivity index is 2.33. The minimum absolute atomic E-state index is 0.436. The molecule has 0 aliphatic rings. The number of thiocyanates is 1. The molecular formula is C11H10N4OS2. The zero-order valence-electron chi connectivity index (χ0n) is 9.58. The maximum atomic E-state index is 8.73. The summed E-state index contributed by atoms with van der Waals surface area (Å²) < 4.78 is 5.78. The van der Waals surface area contributed by atoms with E-state index in [2.05, 4.69) is 9.97 Å². The van der Waals surface area contributed by atoms with Crippen LogP contribution in [0.5, 0.6) is 0 Å². The van der Waals surface area contributed by atoms with E-state index >= 15 is 0 Å². The zero-order chi connectivity index (χ0) is 13.0. The second-order valence-corrected chi connectivity index (χ2v) is 5.45. The first-order valence-electron chi connectivity index (χ1n) is 5.01. The van der Waals surface area contributed by atoms with Crippen LogP contribution in [0.2, 0.25) is 0 Å². The lowest BCUT2D eigenvalue weighted by atomic mass is 10.2. The number of hydrogen-bond donors (Lipinski definition) is 1.